The van der Waals surface area contributed by atoms with Crippen LogP contribution in [0.2, 0.25) is 0 Å². The molecule has 0 saturated carbocycles. The van der Waals surface area contributed by atoms with Gasteiger partial charge in [0, 0.05) is 51.2 Å². The average Bonchev–Trinajstić information content (AvgIpc) is 3.24. The highest BCUT2D eigenvalue weighted by Crippen LogP contribution is 2.54. The molecular formula is C24H32N2O6S2. The van der Waals surface area contributed by atoms with E-state index < -0.39 is 30.9 Å². The minimum absolute atomic E-state index is 0.153. The summed E-state index contributed by atoms with van der Waals surface area (Å²) in [6.07, 6.45) is 0. The Bertz CT molecular complexity index is 1130. The number of nitrogens with zero attached hydrogens (tertiary/aromatic N) is 2. The summed E-state index contributed by atoms with van der Waals surface area (Å²) in [5.74, 6) is 0. The Morgan fingerprint density at radius 3 is 1.21 bits per heavy atom. The van der Waals surface area contributed by atoms with Crippen LogP contribution >= 0.6 is 0 Å². The molecule has 0 amide bonds. The summed E-state index contributed by atoms with van der Waals surface area (Å²) in [5.41, 5.74) is 0.461. The molecule has 2 fully saturated rings. The molecular weight excluding hydrogens is 476 g/mol. The van der Waals surface area contributed by atoms with Gasteiger partial charge in [-0.25, -0.2) is 16.8 Å². The molecule has 0 radical (unpaired) electrons. The van der Waals surface area contributed by atoms with Gasteiger partial charge in [0.25, 0.3) is 0 Å². The minimum atomic E-state index is -3.77. The van der Waals surface area contributed by atoms with Gasteiger partial charge >= 0.3 is 0 Å². The number of sulfonamides is 2. The van der Waals surface area contributed by atoms with E-state index in [1.807, 2.05) is 13.8 Å². The summed E-state index contributed by atoms with van der Waals surface area (Å²) in [7, 11) is -4.42. The molecule has 8 nitrogen and oxygen atoms in total. The molecule has 34 heavy (non-hydrogen) atoms. The second-order valence-electron chi connectivity index (χ2n) is 9.60. The average molecular weight is 509 g/mol. The SMILES string of the molecule is COCC12CN(S(=O)(=O)c3ccc(C)cc3)CC1(COC)CN(S(=O)(=O)c1ccc(C)cc1)C2. The third-order valence-corrected chi connectivity index (χ3v) is 10.8. The van der Waals surface area contributed by atoms with Crippen LogP contribution in [0.25, 0.3) is 0 Å². The number of hydrogen-bond acceptors (Lipinski definition) is 6. The standard InChI is InChI=1S/C24H32N2O6S2/c1-19-5-9-21(10-6-19)33(27,28)25-13-23(17-31-3)15-26(16-24(23,14-25)18-32-4)34(29,30)22-11-7-20(2)8-12-22/h5-12H,13-18H2,1-4H3. The number of fused-ring (bicyclic) bond motifs is 1. The topological polar surface area (TPSA) is 93.2 Å². The number of ether oxygens (including phenoxy) is 2. The predicted octanol–water partition coefficient (Wildman–Crippen LogP) is 2.28. The summed E-state index contributed by atoms with van der Waals surface area (Å²) in [6, 6.07) is 13.5. The predicted molar refractivity (Wildman–Crippen MR) is 128 cm³/mol. The molecule has 0 bridgehead atoms. The number of aryl methyl sites for hydroxylation is 2. The van der Waals surface area contributed by atoms with Gasteiger partial charge in [-0.2, -0.15) is 8.61 Å². The zero-order valence-corrected chi connectivity index (χ0v) is 21.7. The van der Waals surface area contributed by atoms with E-state index in [0.29, 0.717) is 0 Å². The van der Waals surface area contributed by atoms with Crippen LogP contribution in [0.4, 0.5) is 0 Å². The molecule has 2 saturated heterocycles. The highest BCUT2D eigenvalue weighted by atomic mass is 32.2. The largest absolute Gasteiger partial charge is 0.384 e. The maximum atomic E-state index is 13.5. The van der Waals surface area contributed by atoms with Gasteiger partial charge in [0.2, 0.25) is 20.0 Å². The smallest absolute Gasteiger partial charge is 0.243 e. The minimum Gasteiger partial charge on any atom is -0.384 e. The van der Waals surface area contributed by atoms with Gasteiger partial charge in [-0.15, -0.1) is 0 Å². The Morgan fingerprint density at radius 2 is 0.941 bits per heavy atom. The van der Waals surface area contributed by atoms with Gasteiger partial charge < -0.3 is 9.47 Å². The van der Waals surface area contributed by atoms with E-state index in [-0.39, 0.29) is 49.2 Å². The molecule has 186 valence electrons. The van der Waals surface area contributed by atoms with Gasteiger partial charge in [-0.1, -0.05) is 35.4 Å². The first-order chi connectivity index (χ1) is 16.0. The molecule has 0 atom stereocenters. The lowest BCUT2D eigenvalue weighted by Crippen LogP contribution is -2.46. The van der Waals surface area contributed by atoms with Crippen LogP contribution in [0.3, 0.4) is 0 Å². The van der Waals surface area contributed by atoms with E-state index in [1.165, 1.54) is 8.61 Å². The quantitative estimate of drug-likeness (QED) is 0.543. The molecule has 0 N–H and O–H groups in total. The molecule has 2 aromatic rings. The Balaban J connectivity index is 1.72. The fraction of sp³-hybridized carbons (Fsp3) is 0.500. The maximum Gasteiger partial charge on any atom is 0.243 e. The Morgan fingerprint density at radius 1 is 0.647 bits per heavy atom. The van der Waals surface area contributed by atoms with Crippen molar-refractivity contribution in [3.8, 4) is 0 Å². The third-order valence-electron chi connectivity index (χ3n) is 7.20. The van der Waals surface area contributed by atoms with Gasteiger partial charge in [-0.05, 0) is 38.1 Å². The fourth-order valence-electron chi connectivity index (χ4n) is 5.33. The number of methoxy groups -OCH3 is 2. The molecule has 2 aromatic carbocycles. The van der Waals surface area contributed by atoms with E-state index in [1.54, 1.807) is 62.8 Å². The first kappa shape index (κ1) is 25.3. The summed E-state index contributed by atoms with van der Waals surface area (Å²) in [4.78, 5) is 0.449. The van der Waals surface area contributed by atoms with Crippen LogP contribution in [-0.4, -0.2) is 79.1 Å². The van der Waals surface area contributed by atoms with Crippen molar-refractivity contribution in [2.24, 2.45) is 10.8 Å². The lowest BCUT2D eigenvalue weighted by atomic mass is 9.69. The van der Waals surface area contributed by atoms with Crippen molar-refractivity contribution < 1.29 is 26.3 Å². The third kappa shape index (κ3) is 4.10. The van der Waals surface area contributed by atoms with Crippen LogP contribution in [-0.2, 0) is 29.5 Å². The molecule has 2 aliphatic heterocycles. The molecule has 0 aliphatic carbocycles. The van der Waals surface area contributed by atoms with Crippen molar-refractivity contribution in [3.63, 3.8) is 0 Å². The monoisotopic (exact) mass is 508 g/mol. The zero-order chi connectivity index (χ0) is 24.8. The van der Waals surface area contributed by atoms with Crippen LogP contribution < -0.4 is 0 Å². The van der Waals surface area contributed by atoms with Crippen molar-refractivity contribution in [2.75, 3.05) is 53.6 Å². The molecule has 2 heterocycles. The number of rotatable bonds is 8. The Kier molecular flexibility index (Phi) is 6.69. The van der Waals surface area contributed by atoms with Crippen molar-refractivity contribution >= 4 is 20.0 Å². The summed E-state index contributed by atoms with van der Waals surface area (Å²) >= 11 is 0. The van der Waals surface area contributed by atoms with E-state index >= 15 is 0 Å². The van der Waals surface area contributed by atoms with E-state index in [2.05, 4.69) is 0 Å². The normalized spacial score (nSPS) is 26.1. The zero-order valence-electron chi connectivity index (χ0n) is 20.0. The first-order valence-electron chi connectivity index (χ1n) is 11.1. The fourth-order valence-corrected chi connectivity index (χ4v) is 8.56. The molecule has 10 heteroatoms. The summed E-state index contributed by atoms with van der Waals surface area (Å²) in [6.45, 7) is 4.86. The van der Waals surface area contributed by atoms with E-state index in [4.69, 9.17) is 9.47 Å². The molecule has 0 spiro atoms. The Hall–Kier alpha value is -1.82. The van der Waals surface area contributed by atoms with Gasteiger partial charge in [0.05, 0.1) is 23.0 Å². The van der Waals surface area contributed by atoms with Crippen LogP contribution in [0, 0.1) is 24.7 Å². The van der Waals surface area contributed by atoms with Crippen LogP contribution in [0.5, 0.6) is 0 Å². The van der Waals surface area contributed by atoms with Crippen molar-refractivity contribution in [2.45, 2.75) is 23.6 Å². The summed E-state index contributed by atoms with van der Waals surface area (Å²) < 4.78 is 68.1. The maximum absolute atomic E-state index is 13.5. The second-order valence-corrected chi connectivity index (χ2v) is 13.5. The van der Waals surface area contributed by atoms with Gasteiger partial charge in [0.1, 0.15) is 0 Å². The Labute approximate surface area is 202 Å². The second kappa shape index (κ2) is 9.00. The lowest BCUT2D eigenvalue weighted by Gasteiger charge is -2.36. The van der Waals surface area contributed by atoms with E-state index in [9.17, 15) is 16.8 Å². The van der Waals surface area contributed by atoms with Crippen molar-refractivity contribution in [3.05, 3.63) is 59.7 Å². The van der Waals surface area contributed by atoms with E-state index in [0.717, 1.165) is 11.1 Å². The highest BCUT2D eigenvalue weighted by Gasteiger charge is 2.66. The summed E-state index contributed by atoms with van der Waals surface area (Å²) in [5, 5.41) is 0. The molecule has 0 unspecified atom stereocenters. The van der Waals surface area contributed by atoms with Crippen LogP contribution in [0.1, 0.15) is 11.1 Å². The van der Waals surface area contributed by atoms with Gasteiger partial charge in [-0.3, -0.25) is 0 Å². The van der Waals surface area contributed by atoms with Crippen molar-refractivity contribution in [1.82, 2.24) is 8.61 Å². The molecule has 4 rings (SSSR count). The number of benzene rings is 2. The molecule has 0 aromatic heterocycles. The highest BCUT2D eigenvalue weighted by molar-refractivity contribution is 7.89. The number of hydrogen-bond donors (Lipinski definition) is 0. The molecule has 2 aliphatic rings. The lowest BCUT2D eigenvalue weighted by molar-refractivity contribution is -0.00741. The van der Waals surface area contributed by atoms with Gasteiger partial charge in [0.15, 0.2) is 0 Å². The first-order valence-corrected chi connectivity index (χ1v) is 14.0. The van der Waals surface area contributed by atoms with Crippen LogP contribution in [0.15, 0.2) is 58.3 Å². The van der Waals surface area contributed by atoms with Crippen molar-refractivity contribution in [1.29, 1.82) is 0 Å².